The molecule has 3 rings (SSSR count). The molecule has 0 radical (unpaired) electrons. The van der Waals surface area contributed by atoms with E-state index in [0.717, 1.165) is 17.3 Å². The molecule has 0 bridgehead atoms. The van der Waals surface area contributed by atoms with E-state index in [1.54, 1.807) is 36.4 Å². The van der Waals surface area contributed by atoms with Crippen LogP contribution in [0.2, 0.25) is 0 Å². The van der Waals surface area contributed by atoms with E-state index in [-0.39, 0.29) is 25.3 Å². The third-order valence-corrected chi connectivity index (χ3v) is 4.54. The summed E-state index contributed by atoms with van der Waals surface area (Å²) in [5.74, 6) is -1.65. The van der Waals surface area contributed by atoms with Crippen molar-refractivity contribution >= 4 is 17.6 Å². The molecular formula is C23H21F2N3O3. The van der Waals surface area contributed by atoms with Crippen LogP contribution in [-0.4, -0.2) is 30.1 Å². The lowest BCUT2D eigenvalue weighted by atomic mass is 9.95. The predicted octanol–water partition coefficient (Wildman–Crippen LogP) is 3.65. The van der Waals surface area contributed by atoms with E-state index < -0.39 is 24.4 Å². The number of anilines is 1. The first-order chi connectivity index (χ1) is 15.0. The second kappa shape index (κ2) is 10.4. The van der Waals surface area contributed by atoms with Crippen molar-refractivity contribution in [1.29, 1.82) is 0 Å². The van der Waals surface area contributed by atoms with Crippen molar-refractivity contribution < 1.29 is 23.1 Å². The van der Waals surface area contributed by atoms with Gasteiger partial charge in [0.1, 0.15) is 13.3 Å². The molecule has 0 atom stereocenters. The summed E-state index contributed by atoms with van der Waals surface area (Å²) in [6.07, 6.45) is 2.39. The minimum Gasteiger partial charge on any atom is -0.463 e. The van der Waals surface area contributed by atoms with Crippen molar-refractivity contribution in [2.45, 2.75) is 13.0 Å². The number of halogens is 2. The predicted molar refractivity (Wildman–Crippen MR) is 113 cm³/mol. The number of hydrogen-bond donors (Lipinski definition) is 2. The van der Waals surface area contributed by atoms with Crippen LogP contribution in [0.3, 0.4) is 0 Å². The molecule has 1 heterocycles. The summed E-state index contributed by atoms with van der Waals surface area (Å²) in [6, 6.07) is 13.5. The zero-order valence-electron chi connectivity index (χ0n) is 16.6. The number of rotatable bonds is 8. The van der Waals surface area contributed by atoms with E-state index >= 15 is 0 Å². The van der Waals surface area contributed by atoms with Crippen LogP contribution in [0.25, 0.3) is 11.1 Å². The van der Waals surface area contributed by atoms with Crippen molar-refractivity contribution in [3.8, 4) is 11.1 Å². The minimum atomic E-state index is -0.732. The van der Waals surface area contributed by atoms with E-state index in [2.05, 4.69) is 10.3 Å². The largest absolute Gasteiger partial charge is 0.463 e. The number of pyridine rings is 1. The van der Waals surface area contributed by atoms with E-state index in [0.29, 0.717) is 16.7 Å². The quantitative estimate of drug-likeness (QED) is 0.537. The van der Waals surface area contributed by atoms with Crippen molar-refractivity contribution in [1.82, 2.24) is 4.98 Å². The Morgan fingerprint density at radius 1 is 1.13 bits per heavy atom. The zero-order valence-corrected chi connectivity index (χ0v) is 16.6. The molecule has 160 valence electrons. The maximum absolute atomic E-state index is 13.8. The topological polar surface area (TPSA) is 94.3 Å². The number of ether oxygens (including phenoxy) is 1. The highest BCUT2D eigenvalue weighted by Gasteiger charge is 2.14. The number of nitrogens with two attached hydrogens (primary N) is 1. The lowest BCUT2D eigenvalue weighted by Gasteiger charge is -2.13. The lowest BCUT2D eigenvalue weighted by molar-refractivity contribution is -0.143. The Morgan fingerprint density at radius 2 is 1.97 bits per heavy atom. The van der Waals surface area contributed by atoms with Gasteiger partial charge in [0.15, 0.2) is 5.82 Å². The molecular weight excluding hydrogens is 404 g/mol. The number of esters is 1. The summed E-state index contributed by atoms with van der Waals surface area (Å²) in [7, 11) is 0. The molecule has 6 nitrogen and oxygen atoms in total. The van der Waals surface area contributed by atoms with Gasteiger partial charge in [-0.3, -0.25) is 14.6 Å². The SMILES string of the molecule is NCc1ccc(C(=O)Nc2ccncc2F)cc1-c1cccc(CC(=O)OCCF)c1. The van der Waals surface area contributed by atoms with E-state index in [9.17, 15) is 18.4 Å². The van der Waals surface area contributed by atoms with Crippen LogP contribution >= 0.6 is 0 Å². The van der Waals surface area contributed by atoms with Crippen LogP contribution in [-0.2, 0) is 22.5 Å². The third-order valence-electron chi connectivity index (χ3n) is 4.54. The monoisotopic (exact) mass is 425 g/mol. The summed E-state index contributed by atoms with van der Waals surface area (Å²) >= 11 is 0. The molecule has 31 heavy (non-hydrogen) atoms. The molecule has 0 aliphatic rings. The fourth-order valence-electron chi connectivity index (χ4n) is 3.05. The fourth-order valence-corrected chi connectivity index (χ4v) is 3.05. The normalized spacial score (nSPS) is 10.5. The fraction of sp³-hybridized carbons (Fsp3) is 0.174. The summed E-state index contributed by atoms with van der Waals surface area (Å²) < 4.78 is 30.8. The minimum absolute atomic E-state index is 0.00665. The van der Waals surface area contributed by atoms with Gasteiger partial charge in [0, 0.05) is 18.3 Å². The zero-order chi connectivity index (χ0) is 22.2. The van der Waals surface area contributed by atoms with Gasteiger partial charge in [-0.05, 0) is 40.5 Å². The molecule has 0 unspecified atom stereocenters. The van der Waals surface area contributed by atoms with E-state index in [1.807, 2.05) is 6.07 Å². The van der Waals surface area contributed by atoms with Gasteiger partial charge >= 0.3 is 5.97 Å². The molecule has 3 aromatic rings. The lowest BCUT2D eigenvalue weighted by Crippen LogP contribution is -2.14. The number of carbonyl (C=O) groups is 2. The first-order valence-electron chi connectivity index (χ1n) is 9.56. The number of nitrogens with zero attached hydrogens (tertiary/aromatic N) is 1. The molecule has 0 saturated heterocycles. The van der Waals surface area contributed by atoms with Crippen LogP contribution < -0.4 is 11.1 Å². The number of amides is 1. The first-order valence-corrected chi connectivity index (χ1v) is 9.56. The number of carbonyl (C=O) groups excluding carboxylic acids is 2. The molecule has 0 fully saturated rings. The molecule has 1 aromatic heterocycles. The molecule has 3 N–H and O–H groups in total. The Kier molecular flexibility index (Phi) is 7.40. The summed E-state index contributed by atoms with van der Waals surface area (Å²) in [5.41, 5.74) is 9.14. The average Bonchev–Trinajstić information content (AvgIpc) is 2.79. The maximum atomic E-state index is 13.8. The average molecular weight is 425 g/mol. The van der Waals surface area contributed by atoms with Crippen LogP contribution in [0.5, 0.6) is 0 Å². The number of aromatic nitrogens is 1. The Labute approximate surface area is 178 Å². The van der Waals surface area contributed by atoms with Crippen LogP contribution in [0.4, 0.5) is 14.5 Å². The molecule has 0 aliphatic carbocycles. The second-order valence-corrected chi connectivity index (χ2v) is 6.67. The highest BCUT2D eigenvalue weighted by Crippen LogP contribution is 2.27. The number of benzene rings is 2. The van der Waals surface area contributed by atoms with Gasteiger partial charge in [-0.15, -0.1) is 0 Å². The smallest absolute Gasteiger partial charge is 0.310 e. The second-order valence-electron chi connectivity index (χ2n) is 6.67. The Morgan fingerprint density at radius 3 is 2.71 bits per heavy atom. The molecule has 0 saturated carbocycles. The van der Waals surface area contributed by atoms with Gasteiger partial charge in [0.2, 0.25) is 0 Å². The Bertz CT molecular complexity index is 1090. The van der Waals surface area contributed by atoms with Gasteiger partial charge < -0.3 is 15.8 Å². The van der Waals surface area contributed by atoms with E-state index in [1.165, 1.54) is 12.3 Å². The van der Waals surface area contributed by atoms with Gasteiger partial charge in [-0.25, -0.2) is 8.78 Å². The molecule has 8 heteroatoms. The highest BCUT2D eigenvalue weighted by molar-refractivity contribution is 6.05. The van der Waals surface area contributed by atoms with E-state index in [4.69, 9.17) is 10.5 Å². The Hall–Kier alpha value is -3.65. The maximum Gasteiger partial charge on any atom is 0.310 e. The number of alkyl halides is 1. The highest BCUT2D eigenvalue weighted by atomic mass is 19.1. The standard InChI is InChI=1S/C23H21F2N3O3/c24-7-9-31-22(29)11-15-2-1-3-16(10-15)19-12-17(4-5-18(19)13-26)23(30)28-21-6-8-27-14-20(21)25/h1-6,8,10,12,14H,7,9,11,13,26H2,(H,27,28,30). The molecule has 2 aromatic carbocycles. The van der Waals surface area contributed by atoms with Crippen molar-refractivity contribution in [2.24, 2.45) is 5.73 Å². The summed E-state index contributed by atoms with van der Waals surface area (Å²) in [4.78, 5) is 28.1. The third kappa shape index (κ3) is 5.70. The molecule has 0 aliphatic heterocycles. The Balaban J connectivity index is 1.87. The first kappa shape index (κ1) is 22.0. The van der Waals surface area contributed by atoms with Crippen molar-refractivity contribution in [3.63, 3.8) is 0 Å². The summed E-state index contributed by atoms with van der Waals surface area (Å²) in [5, 5.41) is 2.52. The molecule has 0 spiro atoms. The number of hydrogen-bond acceptors (Lipinski definition) is 5. The van der Waals surface area contributed by atoms with Crippen LogP contribution in [0, 0.1) is 5.82 Å². The molecule has 1 amide bonds. The van der Waals surface area contributed by atoms with Crippen LogP contribution in [0.1, 0.15) is 21.5 Å². The van der Waals surface area contributed by atoms with Crippen LogP contribution in [0.15, 0.2) is 60.9 Å². The van der Waals surface area contributed by atoms with Gasteiger partial charge in [-0.2, -0.15) is 0 Å². The van der Waals surface area contributed by atoms with Crippen molar-refractivity contribution in [2.75, 3.05) is 18.6 Å². The van der Waals surface area contributed by atoms with Gasteiger partial charge in [0.25, 0.3) is 5.91 Å². The van der Waals surface area contributed by atoms with Gasteiger partial charge in [-0.1, -0.05) is 30.3 Å². The number of nitrogens with one attached hydrogen (secondary N) is 1. The summed E-state index contributed by atoms with van der Waals surface area (Å²) in [6.45, 7) is -0.770. The van der Waals surface area contributed by atoms with Crippen molar-refractivity contribution in [3.05, 3.63) is 83.4 Å². The van der Waals surface area contributed by atoms with Gasteiger partial charge in [0.05, 0.1) is 18.3 Å².